The minimum atomic E-state index is -0.771. The summed E-state index contributed by atoms with van der Waals surface area (Å²) >= 11 is 0. The second-order valence-corrected chi connectivity index (χ2v) is 6.22. The van der Waals surface area contributed by atoms with Crippen LogP contribution in [-0.2, 0) is 11.3 Å². The largest absolute Gasteiger partial charge is 0.507 e. The summed E-state index contributed by atoms with van der Waals surface area (Å²) in [5.74, 6) is -1.83. The molecule has 7 nitrogen and oxygen atoms in total. The van der Waals surface area contributed by atoms with Crippen LogP contribution < -0.4 is 5.63 Å². The Labute approximate surface area is 157 Å². The first kappa shape index (κ1) is 17.4. The van der Waals surface area contributed by atoms with Gasteiger partial charge in [-0.3, -0.25) is 0 Å². The van der Waals surface area contributed by atoms with Crippen LogP contribution in [0.4, 0.5) is 0 Å². The molecule has 0 saturated heterocycles. The smallest absolute Gasteiger partial charge is 0.342 e. The van der Waals surface area contributed by atoms with Crippen molar-refractivity contribution in [2.75, 3.05) is 0 Å². The molecule has 0 aliphatic carbocycles. The molecule has 0 atom stereocenters. The number of rotatable bonds is 3. The van der Waals surface area contributed by atoms with Gasteiger partial charge in [0.05, 0.1) is 0 Å². The van der Waals surface area contributed by atoms with Gasteiger partial charge in [0, 0.05) is 23.1 Å². The van der Waals surface area contributed by atoms with Gasteiger partial charge in [0.2, 0.25) is 0 Å². The van der Waals surface area contributed by atoms with Crippen LogP contribution in [0.3, 0.4) is 0 Å². The highest BCUT2D eigenvalue weighted by Gasteiger charge is 2.16. The molecule has 1 aromatic heterocycles. The number of esters is 1. The number of hydrogen-bond acceptors (Lipinski definition) is 7. The Morgan fingerprint density at radius 3 is 2.32 bits per heavy atom. The van der Waals surface area contributed by atoms with Crippen LogP contribution in [0, 0.1) is 0 Å². The van der Waals surface area contributed by atoms with Gasteiger partial charge >= 0.3 is 11.6 Å². The first-order chi connectivity index (χ1) is 13.4. The molecule has 0 aliphatic heterocycles. The number of aromatic hydroxyl groups is 3. The van der Waals surface area contributed by atoms with Crippen LogP contribution >= 0.6 is 0 Å². The highest BCUT2D eigenvalue weighted by Crippen LogP contribution is 2.32. The van der Waals surface area contributed by atoms with Gasteiger partial charge < -0.3 is 24.5 Å². The lowest BCUT2D eigenvalue weighted by Gasteiger charge is -2.10. The summed E-state index contributed by atoms with van der Waals surface area (Å²) in [6.07, 6.45) is 0. The maximum Gasteiger partial charge on any atom is 0.342 e. The number of carbonyl (C=O) groups excluding carboxylic acids is 1. The molecule has 28 heavy (non-hydrogen) atoms. The van der Waals surface area contributed by atoms with Gasteiger partial charge in [-0.05, 0) is 29.0 Å². The lowest BCUT2D eigenvalue weighted by Crippen LogP contribution is -2.08. The SMILES string of the molecule is O=C(OCc1cc(=O)oc2cc(O)c(O)cc12)c1cc2ccccc2cc1O. The van der Waals surface area contributed by atoms with Crippen molar-refractivity contribution in [2.24, 2.45) is 0 Å². The number of hydrogen-bond donors (Lipinski definition) is 3. The van der Waals surface area contributed by atoms with Crippen molar-refractivity contribution in [3.8, 4) is 17.2 Å². The molecule has 0 saturated carbocycles. The van der Waals surface area contributed by atoms with Crippen LogP contribution in [0.5, 0.6) is 17.2 Å². The third-order valence-corrected chi connectivity index (χ3v) is 4.37. The number of carbonyl (C=O) groups is 1. The quantitative estimate of drug-likeness (QED) is 0.284. The Hall–Kier alpha value is -4.00. The lowest BCUT2D eigenvalue weighted by atomic mass is 10.1. The topological polar surface area (TPSA) is 117 Å². The second-order valence-electron chi connectivity index (χ2n) is 6.22. The molecule has 4 aromatic rings. The zero-order chi connectivity index (χ0) is 19.8. The summed E-state index contributed by atoms with van der Waals surface area (Å²) in [5.41, 5.74) is -0.374. The Bertz CT molecular complexity index is 1290. The Morgan fingerprint density at radius 2 is 1.57 bits per heavy atom. The van der Waals surface area contributed by atoms with E-state index in [9.17, 15) is 24.9 Å². The third kappa shape index (κ3) is 3.09. The molecule has 0 spiro atoms. The van der Waals surface area contributed by atoms with E-state index in [4.69, 9.17) is 9.15 Å². The second kappa shape index (κ2) is 6.62. The van der Waals surface area contributed by atoms with E-state index in [1.807, 2.05) is 12.1 Å². The van der Waals surface area contributed by atoms with Crippen molar-refractivity contribution in [1.29, 1.82) is 0 Å². The standard InChI is InChI=1S/C21H14O7/c22-16-6-12-4-2-1-3-11(12)5-15(16)21(26)27-10-13-7-20(25)28-19-9-18(24)17(23)8-14(13)19/h1-9,22-24H,10H2. The maximum absolute atomic E-state index is 12.5. The van der Waals surface area contributed by atoms with Crippen molar-refractivity contribution in [3.63, 3.8) is 0 Å². The fourth-order valence-electron chi connectivity index (χ4n) is 2.98. The van der Waals surface area contributed by atoms with Gasteiger partial charge in [-0.15, -0.1) is 0 Å². The van der Waals surface area contributed by atoms with Gasteiger partial charge in [-0.2, -0.15) is 0 Å². The molecular formula is C21H14O7. The zero-order valence-electron chi connectivity index (χ0n) is 14.4. The molecule has 4 rings (SSSR count). The summed E-state index contributed by atoms with van der Waals surface area (Å²) in [6, 6.07) is 13.7. The highest BCUT2D eigenvalue weighted by atomic mass is 16.5. The predicted octanol–water partition coefficient (Wildman–Crippen LogP) is 3.42. The molecule has 1 heterocycles. The van der Waals surface area contributed by atoms with Crippen LogP contribution in [0.15, 0.2) is 63.8 Å². The number of phenolic OH excluding ortho intramolecular Hbond substituents is 3. The summed E-state index contributed by atoms with van der Waals surface area (Å²) in [6.45, 7) is -0.294. The minimum Gasteiger partial charge on any atom is -0.507 e. The summed E-state index contributed by atoms with van der Waals surface area (Å²) in [5, 5.41) is 31.2. The van der Waals surface area contributed by atoms with Crippen LogP contribution in [0.1, 0.15) is 15.9 Å². The minimum absolute atomic E-state index is 0.00790. The molecule has 7 heteroatoms. The average molecular weight is 378 g/mol. The fraction of sp³-hybridized carbons (Fsp3) is 0.0476. The summed E-state index contributed by atoms with van der Waals surface area (Å²) in [7, 11) is 0. The molecule has 140 valence electrons. The molecule has 0 unspecified atom stereocenters. The summed E-state index contributed by atoms with van der Waals surface area (Å²) in [4.78, 5) is 24.2. The molecule has 0 amide bonds. The van der Waals surface area contributed by atoms with Gasteiger partial charge in [0.15, 0.2) is 11.5 Å². The first-order valence-corrected chi connectivity index (χ1v) is 8.30. The van der Waals surface area contributed by atoms with E-state index in [2.05, 4.69) is 0 Å². The van der Waals surface area contributed by atoms with E-state index in [1.165, 1.54) is 18.2 Å². The van der Waals surface area contributed by atoms with E-state index in [1.54, 1.807) is 12.1 Å². The highest BCUT2D eigenvalue weighted by molar-refractivity contribution is 5.98. The van der Waals surface area contributed by atoms with Crippen molar-refractivity contribution in [1.82, 2.24) is 0 Å². The van der Waals surface area contributed by atoms with E-state index < -0.39 is 23.1 Å². The molecular weight excluding hydrogens is 364 g/mol. The zero-order valence-corrected chi connectivity index (χ0v) is 14.4. The molecule has 3 N–H and O–H groups in total. The number of ether oxygens (including phenoxy) is 1. The van der Waals surface area contributed by atoms with Gasteiger partial charge in [-0.25, -0.2) is 9.59 Å². The Morgan fingerprint density at radius 1 is 0.893 bits per heavy atom. The monoisotopic (exact) mass is 378 g/mol. The molecule has 0 bridgehead atoms. The molecule has 0 fully saturated rings. The number of benzene rings is 3. The summed E-state index contributed by atoms with van der Waals surface area (Å²) < 4.78 is 10.2. The Kier molecular flexibility index (Phi) is 4.12. The van der Waals surface area contributed by atoms with Gasteiger partial charge in [0.25, 0.3) is 0 Å². The number of phenols is 3. The van der Waals surface area contributed by atoms with Crippen molar-refractivity contribution in [2.45, 2.75) is 6.61 Å². The lowest BCUT2D eigenvalue weighted by molar-refractivity contribution is 0.0470. The molecule has 3 aromatic carbocycles. The Balaban J connectivity index is 1.66. The van der Waals surface area contributed by atoms with Gasteiger partial charge in [-0.1, -0.05) is 24.3 Å². The average Bonchev–Trinajstić information content (AvgIpc) is 2.66. The molecule has 0 aliphatic rings. The van der Waals surface area contributed by atoms with E-state index in [0.717, 1.165) is 22.9 Å². The van der Waals surface area contributed by atoms with Crippen LogP contribution in [-0.4, -0.2) is 21.3 Å². The van der Waals surface area contributed by atoms with Crippen LogP contribution in [0.25, 0.3) is 21.7 Å². The fourth-order valence-corrected chi connectivity index (χ4v) is 2.98. The normalized spacial score (nSPS) is 11.0. The van der Waals surface area contributed by atoms with Crippen LogP contribution in [0.2, 0.25) is 0 Å². The molecule has 0 radical (unpaired) electrons. The van der Waals surface area contributed by atoms with Crippen molar-refractivity contribution >= 4 is 27.7 Å². The van der Waals surface area contributed by atoms with Crippen molar-refractivity contribution in [3.05, 3.63) is 76.1 Å². The predicted molar refractivity (Wildman–Crippen MR) is 101 cm³/mol. The maximum atomic E-state index is 12.5. The van der Waals surface area contributed by atoms with E-state index in [0.29, 0.717) is 5.39 Å². The van der Waals surface area contributed by atoms with E-state index >= 15 is 0 Å². The van der Waals surface area contributed by atoms with E-state index in [-0.39, 0.29) is 29.1 Å². The first-order valence-electron chi connectivity index (χ1n) is 8.30. The third-order valence-electron chi connectivity index (χ3n) is 4.37. The van der Waals surface area contributed by atoms with Crippen molar-refractivity contribution < 1.29 is 29.3 Å². The van der Waals surface area contributed by atoms with Gasteiger partial charge in [0.1, 0.15) is 23.5 Å². The number of fused-ring (bicyclic) bond motifs is 2.